The summed E-state index contributed by atoms with van der Waals surface area (Å²) >= 11 is 0. The summed E-state index contributed by atoms with van der Waals surface area (Å²) in [6.07, 6.45) is 6.82. The first-order valence-corrected chi connectivity index (χ1v) is 3.26. The lowest BCUT2D eigenvalue weighted by atomic mass is 10.1. The van der Waals surface area contributed by atoms with Crippen molar-refractivity contribution in [3.05, 3.63) is 23.9 Å². The van der Waals surface area contributed by atoms with Crippen molar-refractivity contribution < 1.29 is 4.84 Å². The van der Waals surface area contributed by atoms with Crippen LogP contribution in [0.25, 0.3) is 0 Å². The van der Waals surface area contributed by atoms with Gasteiger partial charge in [0.15, 0.2) is 0 Å². The van der Waals surface area contributed by atoms with E-state index >= 15 is 0 Å². The van der Waals surface area contributed by atoms with Gasteiger partial charge in [0.25, 0.3) is 0 Å². The summed E-state index contributed by atoms with van der Waals surface area (Å²) in [5.74, 6) is 0. The maximum atomic E-state index is 5.63. The number of hydroxylamine groups is 1. The van der Waals surface area contributed by atoms with Crippen molar-refractivity contribution in [2.24, 2.45) is 5.73 Å². The first-order valence-electron chi connectivity index (χ1n) is 3.26. The summed E-state index contributed by atoms with van der Waals surface area (Å²) < 4.78 is 0. The molecule has 10 heavy (non-hydrogen) atoms. The minimum absolute atomic E-state index is 0.127. The molecule has 1 aliphatic rings. The second kappa shape index (κ2) is 3.39. The zero-order chi connectivity index (χ0) is 7.40. The summed E-state index contributed by atoms with van der Waals surface area (Å²) in [5.41, 5.74) is 9.27. The molecule has 0 saturated carbocycles. The van der Waals surface area contributed by atoms with E-state index in [2.05, 4.69) is 5.48 Å². The average molecular weight is 140 g/mol. The van der Waals surface area contributed by atoms with Crippen LogP contribution in [0.2, 0.25) is 0 Å². The summed E-state index contributed by atoms with van der Waals surface area (Å²) in [6, 6.07) is 0.127. The largest absolute Gasteiger partial charge is 0.324 e. The molecule has 3 heteroatoms. The lowest BCUT2D eigenvalue weighted by molar-refractivity contribution is 0.120. The Hall–Kier alpha value is -0.800. The molecule has 0 aromatic rings. The number of hydrogen-bond acceptors (Lipinski definition) is 3. The van der Waals surface area contributed by atoms with E-state index in [0.29, 0.717) is 0 Å². The Bertz CT molecular complexity index is 163. The topological polar surface area (TPSA) is 47.3 Å². The van der Waals surface area contributed by atoms with Crippen LogP contribution in [0.5, 0.6) is 0 Å². The third-order valence-corrected chi connectivity index (χ3v) is 1.32. The molecule has 1 atom stereocenters. The molecule has 3 N–H and O–H groups in total. The third kappa shape index (κ3) is 1.86. The second-order valence-corrected chi connectivity index (χ2v) is 2.23. The smallest absolute Gasteiger partial charge is 0.0636 e. The SMILES string of the molecule is CONC1=CC(N)CC=C1. The molecule has 1 aliphatic carbocycles. The van der Waals surface area contributed by atoms with E-state index in [1.165, 1.54) is 0 Å². The van der Waals surface area contributed by atoms with Crippen LogP contribution < -0.4 is 11.2 Å². The molecular weight excluding hydrogens is 128 g/mol. The van der Waals surface area contributed by atoms with Crippen molar-refractivity contribution in [2.45, 2.75) is 12.5 Å². The van der Waals surface area contributed by atoms with E-state index < -0.39 is 0 Å². The number of rotatable bonds is 2. The molecule has 0 spiro atoms. The van der Waals surface area contributed by atoms with Crippen molar-refractivity contribution >= 4 is 0 Å². The van der Waals surface area contributed by atoms with Gasteiger partial charge < -0.3 is 5.73 Å². The van der Waals surface area contributed by atoms with Gasteiger partial charge in [-0.15, -0.1) is 0 Å². The Labute approximate surface area is 60.5 Å². The van der Waals surface area contributed by atoms with Crippen LogP contribution in [0.3, 0.4) is 0 Å². The number of allylic oxidation sites excluding steroid dienone is 1. The van der Waals surface area contributed by atoms with Crippen LogP contribution in [0.1, 0.15) is 6.42 Å². The fourth-order valence-corrected chi connectivity index (χ4v) is 0.892. The normalized spacial score (nSPS) is 24.2. The molecule has 0 aromatic heterocycles. The van der Waals surface area contributed by atoms with Gasteiger partial charge in [-0.3, -0.25) is 10.3 Å². The van der Waals surface area contributed by atoms with Crippen LogP contribution >= 0.6 is 0 Å². The van der Waals surface area contributed by atoms with Gasteiger partial charge in [0.05, 0.1) is 12.8 Å². The molecule has 1 rings (SSSR count). The van der Waals surface area contributed by atoms with Crippen molar-refractivity contribution in [1.82, 2.24) is 5.48 Å². The lowest BCUT2D eigenvalue weighted by Gasteiger charge is -2.11. The van der Waals surface area contributed by atoms with E-state index in [1.54, 1.807) is 7.11 Å². The van der Waals surface area contributed by atoms with Gasteiger partial charge in [-0.1, -0.05) is 6.08 Å². The first kappa shape index (κ1) is 7.31. The van der Waals surface area contributed by atoms with Crippen LogP contribution in [-0.2, 0) is 4.84 Å². The number of nitrogens with one attached hydrogen (secondary N) is 1. The van der Waals surface area contributed by atoms with Crippen LogP contribution in [0.15, 0.2) is 23.9 Å². The van der Waals surface area contributed by atoms with Gasteiger partial charge in [0, 0.05) is 6.04 Å². The molecule has 0 heterocycles. The molecule has 0 fully saturated rings. The summed E-state index contributed by atoms with van der Waals surface area (Å²) in [6.45, 7) is 0. The summed E-state index contributed by atoms with van der Waals surface area (Å²) in [4.78, 5) is 4.70. The zero-order valence-corrected chi connectivity index (χ0v) is 6.00. The second-order valence-electron chi connectivity index (χ2n) is 2.23. The quantitative estimate of drug-likeness (QED) is 0.543. The Morgan fingerprint density at radius 3 is 3.20 bits per heavy atom. The highest BCUT2D eigenvalue weighted by atomic mass is 16.6. The first-order chi connectivity index (χ1) is 4.83. The van der Waals surface area contributed by atoms with Gasteiger partial charge >= 0.3 is 0 Å². The van der Waals surface area contributed by atoms with E-state index in [-0.39, 0.29) is 6.04 Å². The molecule has 1 unspecified atom stereocenters. The van der Waals surface area contributed by atoms with Gasteiger partial charge in [-0.25, -0.2) is 0 Å². The van der Waals surface area contributed by atoms with Gasteiger partial charge in [-0.2, -0.15) is 0 Å². The minimum atomic E-state index is 0.127. The van der Waals surface area contributed by atoms with Gasteiger partial charge in [0.2, 0.25) is 0 Å². The molecule has 0 radical (unpaired) electrons. The highest BCUT2D eigenvalue weighted by Crippen LogP contribution is 2.05. The van der Waals surface area contributed by atoms with Crippen molar-refractivity contribution in [1.29, 1.82) is 0 Å². The fraction of sp³-hybridized carbons (Fsp3) is 0.429. The molecule has 0 aliphatic heterocycles. The van der Waals surface area contributed by atoms with Gasteiger partial charge in [-0.05, 0) is 18.6 Å². The van der Waals surface area contributed by atoms with Crippen LogP contribution in [0, 0.1) is 0 Å². The maximum absolute atomic E-state index is 5.63. The molecule has 3 nitrogen and oxygen atoms in total. The summed E-state index contributed by atoms with van der Waals surface area (Å²) in [7, 11) is 1.58. The predicted octanol–water partition coefficient (Wildman–Crippen LogP) is 0.308. The van der Waals surface area contributed by atoms with Gasteiger partial charge in [0.1, 0.15) is 0 Å². The van der Waals surface area contributed by atoms with Crippen molar-refractivity contribution in [2.75, 3.05) is 7.11 Å². The molecule has 0 amide bonds. The van der Waals surface area contributed by atoms with E-state index in [0.717, 1.165) is 12.1 Å². The van der Waals surface area contributed by atoms with Crippen molar-refractivity contribution in [3.8, 4) is 0 Å². The van der Waals surface area contributed by atoms with E-state index in [4.69, 9.17) is 10.6 Å². The molecule has 56 valence electrons. The Morgan fingerprint density at radius 1 is 1.80 bits per heavy atom. The standard InChI is InChI=1S/C7H12N2O/c1-10-9-7-4-2-3-6(8)5-7/h2,4-6,9H,3,8H2,1H3. The highest BCUT2D eigenvalue weighted by Gasteiger charge is 2.02. The molecular formula is C7H12N2O. The fourth-order valence-electron chi connectivity index (χ4n) is 0.892. The lowest BCUT2D eigenvalue weighted by Crippen LogP contribution is -2.22. The Morgan fingerprint density at radius 2 is 2.60 bits per heavy atom. The molecule has 0 aromatic carbocycles. The Balaban J connectivity index is 2.49. The monoisotopic (exact) mass is 140 g/mol. The Kier molecular flexibility index (Phi) is 2.48. The molecule has 0 bridgehead atoms. The average Bonchev–Trinajstić information content (AvgIpc) is 1.88. The van der Waals surface area contributed by atoms with E-state index in [1.807, 2.05) is 18.2 Å². The number of hydrogen-bond donors (Lipinski definition) is 2. The maximum Gasteiger partial charge on any atom is 0.0636 e. The number of nitrogens with two attached hydrogens (primary N) is 1. The highest BCUT2D eigenvalue weighted by molar-refractivity contribution is 5.22. The van der Waals surface area contributed by atoms with Crippen LogP contribution in [-0.4, -0.2) is 13.2 Å². The van der Waals surface area contributed by atoms with Crippen LogP contribution in [0.4, 0.5) is 0 Å². The third-order valence-electron chi connectivity index (χ3n) is 1.32. The minimum Gasteiger partial charge on any atom is -0.324 e. The summed E-state index contributed by atoms with van der Waals surface area (Å²) in [5, 5.41) is 0. The predicted molar refractivity (Wildman–Crippen MR) is 40.0 cm³/mol. The van der Waals surface area contributed by atoms with E-state index in [9.17, 15) is 0 Å². The van der Waals surface area contributed by atoms with Crippen molar-refractivity contribution in [3.63, 3.8) is 0 Å². The molecule has 0 saturated heterocycles. The zero-order valence-electron chi connectivity index (χ0n) is 6.00.